The second-order valence-electron chi connectivity index (χ2n) is 6.52. The summed E-state index contributed by atoms with van der Waals surface area (Å²) in [6, 6.07) is 7.53. The zero-order valence-corrected chi connectivity index (χ0v) is 16.0. The number of esters is 1. The first kappa shape index (κ1) is 19.4. The zero-order valence-electron chi connectivity index (χ0n) is 15.2. The van der Waals surface area contributed by atoms with E-state index in [1.165, 1.54) is 7.11 Å². The highest BCUT2D eigenvalue weighted by atomic mass is 35.5. The Balaban J connectivity index is 0.00000210. The molecule has 0 saturated carbocycles. The molecule has 0 radical (unpaired) electrons. The molecule has 0 bridgehead atoms. The summed E-state index contributed by atoms with van der Waals surface area (Å²) < 4.78 is 10.8. The number of hydrogen-bond donors (Lipinski definition) is 1. The highest BCUT2D eigenvalue weighted by Gasteiger charge is 2.24. The van der Waals surface area contributed by atoms with Crippen molar-refractivity contribution in [3.8, 4) is 5.88 Å². The molecule has 0 amide bonds. The van der Waals surface area contributed by atoms with Crippen LogP contribution in [0.4, 0.5) is 11.5 Å². The van der Waals surface area contributed by atoms with Crippen molar-refractivity contribution in [3.05, 3.63) is 41.7 Å². The van der Waals surface area contributed by atoms with E-state index in [2.05, 4.69) is 20.2 Å². The van der Waals surface area contributed by atoms with Gasteiger partial charge in [0, 0.05) is 18.3 Å². The number of carbonyl (C=O) groups is 1. The average Bonchev–Trinajstić information content (AvgIpc) is 3.11. The van der Waals surface area contributed by atoms with Crippen LogP contribution < -0.4 is 15.0 Å². The van der Waals surface area contributed by atoms with Gasteiger partial charge in [0.15, 0.2) is 0 Å². The van der Waals surface area contributed by atoms with Crippen molar-refractivity contribution < 1.29 is 14.3 Å². The largest absolute Gasteiger partial charge is 0.474 e. The Morgan fingerprint density at radius 3 is 2.81 bits per heavy atom. The lowest BCUT2D eigenvalue weighted by atomic mass is 10.1. The van der Waals surface area contributed by atoms with Gasteiger partial charge in [-0.25, -0.2) is 14.8 Å². The van der Waals surface area contributed by atoms with Crippen LogP contribution in [0.2, 0.25) is 0 Å². The molecule has 8 heteroatoms. The van der Waals surface area contributed by atoms with E-state index in [1.807, 2.05) is 18.2 Å². The summed E-state index contributed by atoms with van der Waals surface area (Å²) in [7, 11) is 1.40. The maximum absolute atomic E-state index is 11.7. The lowest BCUT2D eigenvalue weighted by Crippen LogP contribution is -2.34. The van der Waals surface area contributed by atoms with E-state index >= 15 is 0 Å². The predicted octanol–water partition coefficient (Wildman–Crippen LogP) is 2.51. The zero-order chi connectivity index (χ0) is 17.9. The van der Waals surface area contributed by atoms with Gasteiger partial charge in [-0.2, -0.15) is 0 Å². The lowest BCUT2D eigenvalue weighted by Gasteiger charge is -2.24. The van der Waals surface area contributed by atoms with Crippen LogP contribution in [0.25, 0.3) is 0 Å². The molecule has 144 valence electrons. The number of halogens is 1. The second kappa shape index (κ2) is 8.54. The van der Waals surface area contributed by atoms with Crippen LogP contribution in [0.1, 0.15) is 28.8 Å². The maximum atomic E-state index is 11.7. The number of benzene rings is 1. The monoisotopic (exact) mass is 390 g/mol. The van der Waals surface area contributed by atoms with Crippen LogP contribution >= 0.6 is 12.4 Å². The molecule has 1 aromatic heterocycles. The number of methoxy groups -OCH3 is 1. The Kier molecular flexibility index (Phi) is 6.13. The van der Waals surface area contributed by atoms with Gasteiger partial charge in [0.1, 0.15) is 18.2 Å². The molecule has 2 aromatic rings. The summed E-state index contributed by atoms with van der Waals surface area (Å²) in [5.74, 6) is 1.11. The number of fused-ring (bicyclic) bond motifs is 1. The first-order chi connectivity index (χ1) is 12.7. The number of rotatable bonds is 4. The van der Waals surface area contributed by atoms with Crippen molar-refractivity contribution in [2.75, 3.05) is 31.6 Å². The number of nitrogens with one attached hydrogen (secondary N) is 1. The van der Waals surface area contributed by atoms with Crippen LogP contribution in [0.15, 0.2) is 30.6 Å². The van der Waals surface area contributed by atoms with Gasteiger partial charge in [0.2, 0.25) is 5.88 Å². The minimum Gasteiger partial charge on any atom is -0.474 e. The fourth-order valence-electron chi connectivity index (χ4n) is 3.51. The number of anilines is 2. The van der Waals surface area contributed by atoms with Crippen molar-refractivity contribution in [1.82, 2.24) is 15.3 Å². The fourth-order valence-corrected chi connectivity index (χ4v) is 3.51. The molecule has 0 unspecified atom stereocenters. The average molecular weight is 391 g/mol. The third-order valence-corrected chi connectivity index (χ3v) is 4.87. The molecule has 4 rings (SSSR count). The highest BCUT2D eigenvalue weighted by molar-refractivity contribution is 5.90. The van der Waals surface area contributed by atoms with Gasteiger partial charge in [-0.3, -0.25) is 0 Å². The minimum absolute atomic E-state index is 0. The Bertz CT molecular complexity index is 811. The summed E-state index contributed by atoms with van der Waals surface area (Å²) in [5, 5.41) is 3.33. The topological polar surface area (TPSA) is 76.6 Å². The number of hydrogen-bond acceptors (Lipinski definition) is 7. The standard InChI is InChI=1S/C19H22N4O3.ClH/c1-25-19(24)14-2-3-16-13(10-14)6-9-23(16)17-11-18(22-12-21-17)26-15-4-7-20-8-5-15;/h2-3,10-12,15,20H,4-9H2,1H3;1H. The summed E-state index contributed by atoms with van der Waals surface area (Å²) in [6.45, 7) is 2.76. The van der Waals surface area contributed by atoms with E-state index in [0.29, 0.717) is 11.4 Å². The van der Waals surface area contributed by atoms with Gasteiger partial charge in [0.05, 0.1) is 12.7 Å². The van der Waals surface area contributed by atoms with Gasteiger partial charge in [-0.05, 0) is 56.1 Å². The highest BCUT2D eigenvalue weighted by Crippen LogP contribution is 2.35. The van der Waals surface area contributed by atoms with Gasteiger partial charge in [0.25, 0.3) is 0 Å². The molecule has 2 aliphatic rings. The van der Waals surface area contributed by atoms with Gasteiger partial charge in [-0.15, -0.1) is 12.4 Å². The molecule has 0 aliphatic carbocycles. The van der Waals surface area contributed by atoms with E-state index in [1.54, 1.807) is 12.4 Å². The fraction of sp³-hybridized carbons (Fsp3) is 0.421. The molecular formula is C19H23ClN4O3. The molecule has 3 heterocycles. The smallest absolute Gasteiger partial charge is 0.337 e. The minimum atomic E-state index is -0.314. The first-order valence-electron chi connectivity index (χ1n) is 8.93. The van der Waals surface area contributed by atoms with Gasteiger partial charge < -0.3 is 19.7 Å². The van der Waals surface area contributed by atoms with E-state index in [9.17, 15) is 4.79 Å². The van der Waals surface area contributed by atoms with Crippen molar-refractivity contribution in [2.24, 2.45) is 0 Å². The Labute approximate surface area is 164 Å². The summed E-state index contributed by atoms with van der Waals surface area (Å²) in [4.78, 5) is 22.5. The first-order valence-corrected chi connectivity index (χ1v) is 8.93. The van der Waals surface area contributed by atoms with Crippen LogP contribution in [-0.4, -0.2) is 48.8 Å². The molecule has 1 aromatic carbocycles. The molecule has 1 saturated heterocycles. The molecule has 0 spiro atoms. The van der Waals surface area contributed by atoms with Crippen molar-refractivity contribution in [2.45, 2.75) is 25.4 Å². The van der Waals surface area contributed by atoms with E-state index in [-0.39, 0.29) is 24.5 Å². The number of nitrogens with zero attached hydrogens (tertiary/aromatic N) is 3. The third-order valence-electron chi connectivity index (χ3n) is 4.87. The molecule has 1 N–H and O–H groups in total. The molecular weight excluding hydrogens is 368 g/mol. The maximum Gasteiger partial charge on any atom is 0.337 e. The van der Waals surface area contributed by atoms with Crippen molar-refractivity contribution in [1.29, 1.82) is 0 Å². The third kappa shape index (κ3) is 4.14. The lowest BCUT2D eigenvalue weighted by molar-refractivity contribution is 0.0600. The number of carbonyl (C=O) groups excluding carboxylic acids is 1. The van der Waals surface area contributed by atoms with Crippen LogP contribution in [-0.2, 0) is 11.2 Å². The van der Waals surface area contributed by atoms with Crippen LogP contribution in [0, 0.1) is 0 Å². The van der Waals surface area contributed by atoms with E-state index < -0.39 is 0 Å². The summed E-state index contributed by atoms with van der Waals surface area (Å²) >= 11 is 0. The van der Waals surface area contributed by atoms with E-state index in [0.717, 1.165) is 56.0 Å². The van der Waals surface area contributed by atoms with E-state index in [4.69, 9.17) is 9.47 Å². The Morgan fingerprint density at radius 2 is 2.04 bits per heavy atom. The van der Waals surface area contributed by atoms with Gasteiger partial charge >= 0.3 is 5.97 Å². The summed E-state index contributed by atoms with van der Waals surface area (Å²) in [6.07, 6.45) is 4.58. The SMILES string of the molecule is COC(=O)c1ccc2c(c1)CCN2c1cc(OC2CCNCC2)ncn1.Cl. The molecule has 27 heavy (non-hydrogen) atoms. The molecule has 7 nitrogen and oxygen atoms in total. The van der Waals surface area contributed by atoms with Crippen LogP contribution in [0.3, 0.4) is 0 Å². The number of ether oxygens (including phenoxy) is 2. The number of piperidine rings is 1. The normalized spacial score (nSPS) is 16.4. The predicted molar refractivity (Wildman–Crippen MR) is 104 cm³/mol. The molecule has 1 fully saturated rings. The van der Waals surface area contributed by atoms with Crippen molar-refractivity contribution >= 4 is 29.9 Å². The summed E-state index contributed by atoms with van der Waals surface area (Å²) in [5.41, 5.74) is 2.75. The molecule has 0 atom stereocenters. The Morgan fingerprint density at radius 1 is 1.22 bits per heavy atom. The Hall–Kier alpha value is -2.38. The van der Waals surface area contributed by atoms with Crippen LogP contribution in [0.5, 0.6) is 5.88 Å². The quantitative estimate of drug-likeness (QED) is 0.803. The second-order valence-corrected chi connectivity index (χ2v) is 6.52. The van der Waals surface area contributed by atoms with Crippen molar-refractivity contribution in [3.63, 3.8) is 0 Å². The molecule has 2 aliphatic heterocycles. The number of aromatic nitrogens is 2. The van der Waals surface area contributed by atoms with Gasteiger partial charge in [-0.1, -0.05) is 0 Å².